The molecule has 6 heteroatoms. The molecule has 0 radical (unpaired) electrons. The molecule has 1 aliphatic carbocycles. The predicted molar refractivity (Wildman–Crippen MR) is 72.6 cm³/mol. The molecule has 1 aliphatic heterocycles. The van der Waals surface area contributed by atoms with Crippen LogP contribution in [-0.4, -0.2) is 40.5 Å². The van der Waals surface area contributed by atoms with E-state index < -0.39 is 0 Å². The van der Waals surface area contributed by atoms with Gasteiger partial charge in [0.2, 0.25) is 0 Å². The topological polar surface area (TPSA) is 64.3 Å². The van der Waals surface area contributed by atoms with Crippen LogP contribution in [0.4, 0.5) is 5.82 Å². The smallest absolute Gasteiger partial charge is 0.161 e. The predicted octanol–water partition coefficient (Wildman–Crippen LogP) is 0.868. The number of fused-ring (bicyclic) bond motifs is 1. The lowest BCUT2D eigenvalue weighted by Crippen LogP contribution is -2.49. The van der Waals surface area contributed by atoms with Crippen molar-refractivity contribution in [3.8, 4) is 0 Å². The summed E-state index contributed by atoms with van der Waals surface area (Å²) in [6, 6.07) is 2.23. The van der Waals surface area contributed by atoms with Crippen LogP contribution in [0.25, 0.3) is 0 Å². The summed E-state index contributed by atoms with van der Waals surface area (Å²) in [6.45, 7) is 1.56. The Kier molecular flexibility index (Phi) is 3.13. The lowest BCUT2D eigenvalue weighted by Gasteiger charge is -2.38. The van der Waals surface area contributed by atoms with Crippen LogP contribution in [0, 0.1) is 0 Å². The molecule has 2 unspecified atom stereocenters. The first kappa shape index (κ1) is 11.8. The van der Waals surface area contributed by atoms with Crippen LogP contribution in [-0.2, 0) is 4.74 Å². The molecule has 0 bridgehead atoms. The average molecular weight is 264 g/mol. The number of hydrogen-bond donors (Lipinski definition) is 1. The summed E-state index contributed by atoms with van der Waals surface area (Å²) in [7, 11) is 0. The van der Waals surface area contributed by atoms with Crippen molar-refractivity contribution in [1.82, 2.24) is 10.2 Å². The normalized spacial score (nSPS) is 27.0. The summed E-state index contributed by atoms with van der Waals surface area (Å²) in [5, 5.41) is 8.21. The van der Waals surface area contributed by atoms with Gasteiger partial charge in [-0.05, 0) is 25.3 Å². The summed E-state index contributed by atoms with van der Waals surface area (Å²) in [5.74, 6) is 0.810. The maximum atomic E-state index is 5.80. The van der Waals surface area contributed by atoms with Gasteiger partial charge in [-0.2, -0.15) is 5.10 Å². The number of thiocarbonyl (C=S) groups is 1. The largest absolute Gasteiger partial charge is 0.389 e. The van der Waals surface area contributed by atoms with E-state index in [1.165, 1.54) is 6.42 Å². The lowest BCUT2D eigenvalue weighted by atomic mass is 10.1. The summed E-state index contributed by atoms with van der Waals surface area (Å²) < 4.78 is 5.80. The molecule has 0 amide bonds. The number of morpholine rings is 1. The molecular formula is C12H16N4OS. The molecule has 2 atom stereocenters. The van der Waals surface area contributed by atoms with Crippen LogP contribution in [0.3, 0.4) is 0 Å². The number of anilines is 1. The minimum Gasteiger partial charge on any atom is -0.389 e. The zero-order valence-corrected chi connectivity index (χ0v) is 10.9. The molecule has 1 aromatic rings. The van der Waals surface area contributed by atoms with E-state index in [1.807, 2.05) is 6.07 Å². The van der Waals surface area contributed by atoms with E-state index in [0.29, 0.717) is 17.1 Å². The van der Waals surface area contributed by atoms with E-state index in [-0.39, 0.29) is 0 Å². The van der Waals surface area contributed by atoms with Gasteiger partial charge in [-0.15, -0.1) is 5.10 Å². The fourth-order valence-electron chi connectivity index (χ4n) is 2.92. The summed E-state index contributed by atoms with van der Waals surface area (Å²) in [5.41, 5.74) is 6.58. The highest BCUT2D eigenvalue weighted by molar-refractivity contribution is 7.80. The number of ether oxygens (including phenoxy) is 1. The fraction of sp³-hybridized carbons (Fsp3) is 0.583. The van der Waals surface area contributed by atoms with Crippen LogP contribution >= 0.6 is 12.2 Å². The Labute approximate surface area is 111 Å². The van der Waals surface area contributed by atoms with E-state index in [2.05, 4.69) is 15.1 Å². The zero-order valence-electron chi connectivity index (χ0n) is 10.1. The van der Waals surface area contributed by atoms with Crippen LogP contribution in [0.5, 0.6) is 0 Å². The van der Waals surface area contributed by atoms with Gasteiger partial charge in [-0.25, -0.2) is 0 Å². The SMILES string of the molecule is NC(=S)c1ccnnc1N1CCOC2CCCC21. The molecule has 0 aromatic carbocycles. The number of rotatable bonds is 2. The highest BCUT2D eigenvalue weighted by Crippen LogP contribution is 2.33. The second kappa shape index (κ2) is 4.78. The first-order valence-electron chi connectivity index (χ1n) is 6.27. The molecular weight excluding hydrogens is 248 g/mol. The lowest BCUT2D eigenvalue weighted by molar-refractivity contribution is 0.0252. The Balaban J connectivity index is 1.96. The molecule has 2 aliphatic rings. The summed E-state index contributed by atoms with van der Waals surface area (Å²) in [4.78, 5) is 2.64. The van der Waals surface area contributed by atoms with Gasteiger partial charge in [0, 0.05) is 6.54 Å². The van der Waals surface area contributed by atoms with Gasteiger partial charge >= 0.3 is 0 Å². The standard InChI is InChI=1S/C12H16N4OS/c13-11(18)8-4-5-14-15-12(8)16-6-7-17-10-3-1-2-9(10)16/h4-5,9-10H,1-3,6-7H2,(H2,13,18). The van der Waals surface area contributed by atoms with Crippen molar-refractivity contribution < 1.29 is 4.74 Å². The first-order chi connectivity index (χ1) is 8.77. The van der Waals surface area contributed by atoms with Crippen LogP contribution in [0.1, 0.15) is 24.8 Å². The average Bonchev–Trinajstić information content (AvgIpc) is 2.86. The number of nitrogens with two attached hydrogens (primary N) is 1. The second-order valence-corrected chi connectivity index (χ2v) is 5.17. The number of hydrogen-bond acceptors (Lipinski definition) is 5. The highest BCUT2D eigenvalue weighted by atomic mass is 32.1. The van der Waals surface area contributed by atoms with Crippen molar-refractivity contribution in [3.05, 3.63) is 17.8 Å². The molecule has 0 spiro atoms. The van der Waals surface area contributed by atoms with Gasteiger partial charge in [0.05, 0.1) is 30.5 Å². The molecule has 18 heavy (non-hydrogen) atoms. The molecule has 1 saturated carbocycles. The van der Waals surface area contributed by atoms with Gasteiger partial charge in [-0.3, -0.25) is 0 Å². The third kappa shape index (κ3) is 1.95. The second-order valence-electron chi connectivity index (χ2n) is 4.73. The van der Waals surface area contributed by atoms with Gasteiger partial charge in [0.15, 0.2) is 5.82 Å². The number of nitrogens with zero attached hydrogens (tertiary/aromatic N) is 3. The molecule has 2 heterocycles. The maximum absolute atomic E-state index is 5.80. The van der Waals surface area contributed by atoms with Crippen molar-refractivity contribution in [2.24, 2.45) is 5.73 Å². The Morgan fingerprint density at radius 3 is 3.22 bits per heavy atom. The molecule has 1 aromatic heterocycles. The third-order valence-corrected chi connectivity index (χ3v) is 3.94. The van der Waals surface area contributed by atoms with Gasteiger partial charge < -0.3 is 15.4 Å². The Morgan fingerprint density at radius 1 is 1.50 bits per heavy atom. The molecule has 1 saturated heterocycles. The summed E-state index contributed by atoms with van der Waals surface area (Å²) in [6.07, 6.45) is 5.42. The van der Waals surface area contributed by atoms with E-state index in [9.17, 15) is 0 Å². The molecule has 2 fully saturated rings. The van der Waals surface area contributed by atoms with E-state index >= 15 is 0 Å². The van der Waals surface area contributed by atoms with Crippen molar-refractivity contribution >= 4 is 23.0 Å². The third-order valence-electron chi connectivity index (χ3n) is 3.72. The summed E-state index contributed by atoms with van der Waals surface area (Å²) >= 11 is 5.09. The molecule has 96 valence electrons. The Morgan fingerprint density at radius 2 is 2.39 bits per heavy atom. The number of aromatic nitrogens is 2. The van der Waals surface area contributed by atoms with Gasteiger partial charge in [0.25, 0.3) is 0 Å². The quantitative estimate of drug-likeness (QED) is 0.800. The maximum Gasteiger partial charge on any atom is 0.161 e. The van der Waals surface area contributed by atoms with Crippen LogP contribution < -0.4 is 10.6 Å². The van der Waals surface area contributed by atoms with E-state index in [0.717, 1.165) is 37.4 Å². The minimum absolute atomic E-state index is 0.319. The van der Waals surface area contributed by atoms with Crippen molar-refractivity contribution in [3.63, 3.8) is 0 Å². The first-order valence-corrected chi connectivity index (χ1v) is 6.68. The molecule has 3 rings (SSSR count). The van der Waals surface area contributed by atoms with Crippen LogP contribution in [0.15, 0.2) is 12.3 Å². The Hall–Kier alpha value is -1.27. The Bertz CT molecular complexity index is 467. The minimum atomic E-state index is 0.319. The van der Waals surface area contributed by atoms with Crippen LogP contribution in [0.2, 0.25) is 0 Å². The van der Waals surface area contributed by atoms with E-state index in [1.54, 1.807) is 6.20 Å². The molecule has 5 nitrogen and oxygen atoms in total. The van der Waals surface area contributed by atoms with Crippen molar-refractivity contribution in [2.75, 3.05) is 18.1 Å². The van der Waals surface area contributed by atoms with Crippen molar-refractivity contribution in [1.29, 1.82) is 0 Å². The zero-order chi connectivity index (χ0) is 12.5. The molecule has 2 N–H and O–H groups in total. The highest BCUT2D eigenvalue weighted by Gasteiger charge is 2.37. The van der Waals surface area contributed by atoms with Gasteiger partial charge in [-0.1, -0.05) is 12.2 Å². The van der Waals surface area contributed by atoms with Crippen molar-refractivity contribution in [2.45, 2.75) is 31.4 Å². The van der Waals surface area contributed by atoms with Gasteiger partial charge in [0.1, 0.15) is 4.99 Å². The van der Waals surface area contributed by atoms with E-state index in [4.69, 9.17) is 22.7 Å². The monoisotopic (exact) mass is 264 g/mol. The fourth-order valence-corrected chi connectivity index (χ4v) is 3.08.